The molecule has 0 radical (unpaired) electrons. The van der Waals surface area contributed by atoms with Gasteiger partial charge in [-0.05, 0) is 55.8 Å². The molecule has 5 nitrogen and oxygen atoms in total. The van der Waals surface area contributed by atoms with Gasteiger partial charge in [0.05, 0.1) is 11.6 Å². The fraction of sp³-hybridized carbons (Fsp3) is 0.0968. The number of anilines is 1. The molecule has 1 amide bonds. The van der Waals surface area contributed by atoms with Crippen molar-refractivity contribution < 1.29 is 19.4 Å². The van der Waals surface area contributed by atoms with Crippen molar-refractivity contribution in [3.05, 3.63) is 131 Å². The van der Waals surface area contributed by atoms with Crippen LogP contribution in [0.2, 0.25) is 0 Å². The molecule has 0 bridgehead atoms. The summed E-state index contributed by atoms with van der Waals surface area (Å²) < 4.78 is 5.88. The molecule has 4 aromatic carbocycles. The maximum Gasteiger partial charge on any atom is 0.300 e. The van der Waals surface area contributed by atoms with E-state index >= 15 is 0 Å². The molecule has 1 N–H and O–H groups in total. The van der Waals surface area contributed by atoms with E-state index in [1.807, 2.05) is 80.6 Å². The minimum Gasteiger partial charge on any atom is -0.507 e. The fourth-order valence-electron chi connectivity index (χ4n) is 4.42. The summed E-state index contributed by atoms with van der Waals surface area (Å²) in [7, 11) is 0. The number of benzene rings is 4. The Kier molecular flexibility index (Phi) is 6.13. The Labute approximate surface area is 209 Å². The molecule has 4 aromatic rings. The number of rotatable bonds is 5. The molecule has 1 saturated heterocycles. The second-order valence-electron chi connectivity index (χ2n) is 8.86. The number of aliphatic hydroxyl groups is 1. The van der Waals surface area contributed by atoms with Gasteiger partial charge in [-0.1, -0.05) is 77.9 Å². The average molecular weight is 476 g/mol. The zero-order valence-electron chi connectivity index (χ0n) is 20.0. The van der Waals surface area contributed by atoms with Crippen LogP contribution in [-0.4, -0.2) is 16.8 Å². The van der Waals surface area contributed by atoms with Crippen LogP contribution in [0, 0.1) is 13.8 Å². The molecule has 178 valence electrons. The number of amides is 1. The van der Waals surface area contributed by atoms with Crippen molar-refractivity contribution in [2.75, 3.05) is 4.90 Å². The topological polar surface area (TPSA) is 66.8 Å². The lowest BCUT2D eigenvalue weighted by Crippen LogP contribution is -2.29. The first kappa shape index (κ1) is 23.1. The molecule has 1 unspecified atom stereocenters. The van der Waals surface area contributed by atoms with Gasteiger partial charge >= 0.3 is 0 Å². The Morgan fingerprint density at radius 3 is 2.08 bits per heavy atom. The normalized spacial score (nSPS) is 16.8. The van der Waals surface area contributed by atoms with Gasteiger partial charge in [-0.2, -0.15) is 0 Å². The third-order valence-corrected chi connectivity index (χ3v) is 6.22. The number of carbonyl (C=O) groups is 2. The summed E-state index contributed by atoms with van der Waals surface area (Å²) >= 11 is 0. The molecule has 0 aliphatic carbocycles. The Balaban J connectivity index is 1.59. The quantitative estimate of drug-likeness (QED) is 0.198. The molecule has 1 heterocycles. The Hall–Kier alpha value is -4.64. The van der Waals surface area contributed by atoms with Crippen LogP contribution in [0.15, 0.2) is 109 Å². The van der Waals surface area contributed by atoms with E-state index in [0.29, 0.717) is 22.7 Å². The van der Waals surface area contributed by atoms with E-state index in [9.17, 15) is 14.7 Å². The number of nitrogens with zero attached hydrogens (tertiary/aromatic N) is 1. The Bertz CT molecular complexity index is 1450. The minimum absolute atomic E-state index is 0.0686. The number of para-hydroxylation sites is 1. The van der Waals surface area contributed by atoms with Crippen LogP contribution >= 0.6 is 0 Å². The van der Waals surface area contributed by atoms with Gasteiger partial charge in [0.15, 0.2) is 0 Å². The van der Waals surface area contributed by atoms with Crippen LogP contribution in [0.3, 0.4) is 0 Å². The molecule has 1 aliphatic rings. The number of aliphatic hydroxyl groups excluding tert-OH is 1. The number of ketones is 1. The van der Waals surface area contributed by atoms with E-state index in [2.05, 4.69) is 0 Å². The monoisotopic (exact) mass is 475 g/mol. The van der Waals surface area contributed by atoms with Crippen molar-refractivity contribution in [3.63, 3.8) is 0 Å². The second-order valence-corrected chi connectivity index (χ2v) is 8.86. The predicted octanol–water partition coefficient (Wildman–Crippen LogP) is 6.72. The molecule has 1 fully saturated rings. The van der Waals surface area contributed by atoms with Gasteiger partial charge < -0.3 is 9.84 Å². The first-order valence-corrected chi connectivity index (χ1v) is 11.7. The zero-order valence-corrected chi connectivity index (χ0v) is 20.0. The Morgan fingerprint density at radius 2 is 1.42 bits per heavy atom. The lowest BCUT2D eigenvalue weighted by Gasteiger charge is -2.26. The van der Waals surface area contributed by atoms with Crippen LogP contribution in [0.4, 0.5) is 5.69 Å². The summed E-state index contributed by atoms with van der Waals surface area (Å²) in [4.78, 5) is 28.1. The molecule has 1 aliphatic heterocycles. The molecule has 1 atom stereocenters. The van der Waals surface area contributed by atoms with Crippen molar-refractivity contribution in [2.45, 2.75) is 19.9 Å². The van der Waals surface area contributed by atoms with E-state index in [0.717, 1.165) is 16.7 Å². The van der Waals surface area contributed by atoms with Gasteiger partial charge in [-0.3, -0.25) is 14.5 Å². The number of hydrogen-bond donors (Lipinski definition) is 1. The summed E-state index contributed by atoms with van der Waals surface area (Å²) in [5.74, 6) is -0.292. The largest absolute Gasteiger partial charge is 0.507 e. The lowest BCUT2D eigenvalue weighted by molar-refractivity contribution is -0.132. The minimum atomic E-state index is -0.771. The van der Waals surface area contributed by atoms with Gasteiger partial charge in [0, 0.05) is 11.3 Å². The third kappa shape index (κ3) is 4.39. The molecule has 0 aromatic heterocycles. The average Bonchev–Trinajstić information content (AvgIpc) is 3.15. The second kappa shape index (κ2) is 9.55. The maximum absolute atomic E-state index is 13.4. The van der Waals surface area contributed by atoms with Gasteiger partial charge in [0.25, 0.3) is 11.7 Å². The van der Waals surface area contributed by atoms with Crippen molar-refractivity contribution in [1.29, 1.82) is 0 Å². The van der Waals surface area contributed by atoms with Crippen molar-refractivity contribution >= 4 is 23.1 Å². The molecular weight excluding hydrogens is 450 g/mol. The van der Waals surface area contributed by atoms with Crippen LogP contribution < -0.4 is 9.64 Å². The molecule has 36 heavy (non-hydrogen) atoms. The summed E-state index contributed by atoms with van der Waals surface area (Å²) in [6.45, 7) is 3.89. The van der Waals surface area contributed by atoms with E-state index in [1.54, 1.807) is 36.4 Å². The molecule has 5 heteroatoms. The van der Waals surface area contributed by atoms with Crippen LogP contribution in [-0.2, 0) is 9.59 Å². The molecular formula is C31H25NO4. The summed E-state index contributed by atoms with van der Waals surface area (Å²) in [5.41, 5.74) is 3.85. The van der Waals surface area contributed by atoms with Crippen molar-refractivity contribution in [3.8, 4) is 11.5 Å². The number of Topliss-reactive ketones (excluding diaryl/α,β-unsaturated/α-hetero) is 1. The lowest BCUT2D eigenvalue weighted by atomic mass is 9.94. The van der Waals surface area contributed by atoms with Gasteiger partial charge in [-0.25, -0.2) is 0 Å². The zero-order chi connectivity index (χ0) is 25.2. The standard InChI is InChI=1S/C31H25NO4/c1-20-11-13-22(14-12-20)29(33)27-28(23-8-6-7-21(2)19-23)32(31(35)30(27)34)24-15-17-26(18-16-24)36-25-9-4-3-5-10-25/h3-19,28,33H,1-2H3/b29-27-. The van der Waals surface area contributed by atoms with E-state index < -0.39 is 17.7 Å². The number of aryl methyl sites for hydroxylation is 2. The van der Waals surface area contributed by atoms with Gasteiger partial charge in [-0.15, -0.1) is 0 Å². The number of carbonyl (C=O) groups excluding carboxylic acids is 2. The summed E-state index contributed by atoms with van der Waals surface area (Å²) in [5, 5.41) is 11.2. The number of hydrogen-bond acceptors (Lipinski definition) is 4. The third-order valence-electron chi connectivity index (χ3n) is 6.22. The summed E-state index contributed by atoms with van der Waals surface area (Å²) in [6.07, 6.45) is 0. The summed E-state index contributed by atoms with van der Waals surface area (Å²) in [6, 6.07) is 30.5. The maximum atomic E-state index is 13.4. The Morgan fingerprint density at radius 1 is 0.750 bits per heavy atom. The van der Waals surface area contributed by atoms with Crippen molar-refractivity contribution in [2.24, 2.45) is 0 Å². The highest BCUT2D eigenvalue weighted by atomic mass is 16.5. The predicted molar refractivity (Wildman–Crippen MR) is 140 cm³/mol. The highest BCUT2D eigenvalue weighted by Gasteiger charge is 2.47. The van der Waals surface area contributed by atoms with Crippen LogP contribution in [0.25, 0.3) is 5.76 Å². The van der Waals surface area contributed by atoms with E-state index in [-0.39, 0.29) is 11.3 Å². The van der Waals surface area contributed by atoms with E-state index in [4.69, 9.17) is 4.74 Å². The smallest absolute Gasteiger partial charge is 0.300 e. The fourth-order valence-corrected chi connectivity index (χ4v) is 4.42. The van der Waals surface area contributed by atoms with Gasteiger partial charge in [0.1, 0.15) is 17.3 Å². The van der Waals surface area contributed by atoms with Crippen LogP contribution in [0.1, 0.15) is 28.3 Å². The SMILES string of the molecule is Cc1ccc(/C(O)=C2/C(=O)C(=O)N(c3ccc(Oc4ccccc4)cc3)C2c2cccc(C)c2)cc1. The van der Waals surface area contributed by atoms with Gasteiger partial charge in [0.2, 0.25) is 0 Å². The molecule has 5 rings (SSSR count). The molecule has 0 saturated carbocycles. The first-order chi connectivity index (χ1) is 17.4. The van der Waals surface area contributed by atoms with Crippen molar-refractivity contribution in [1.82, 2.24) is 0 Å². The first-order valence-electron chi connectivity index (χ1n) is 11.7. The highest BCUT2D eigenvalue weighted by Crippen LogP contribution is 2.42. The number of ether oxygens (including phenoxy) is 1. The van der Waals surface area contributed by atoms with E-state index in [1.165, 1.54) is 4.90 Å². The van der Waals surface area contributed by atoms with Crippen LogP contribution in [0.5, 0.6) is 11.5 Å². The highest BCUT2D eigenvalue weighted by molar-refractivity contribution is 6.51. The molecule has 0 spiro atoms.